The predicted molar refractivity (Wildman–Crippen MR) is 109 cm³/mol. The van der Waals surface area contributed by atoms with E-state index in [0.717, 1.165) is 0 Å². The number of thiophene rings is 1. The molecule has 2 heterocycles. The molecule has 0 unspecified atom stereocenters. The summed E-state index contributed by atoms with van der Waals surface area (Å²) in [6, 6.07) is 7.95. The van der Waals surface area contributed by atoms with Crippen molar-refractivity contribution in [3.63, 3.8) is 0 Å². The molecule has 1 aromatic heterocycles. The Kier molecular flexibility index (Phi) is 6.45. The van der Waals surface area contributed by atoms with Crippen LogP contribution in [0.25, 0.3) is 0 Å². The number of piperazine rings is 1. The quantitative estimate of drug-likeness (QED) is 0.762. The number of benzene rings is 1. The van der Waals surface area contributed by atoms with Gasteiger partial charge in [0.15, 0.2) is 0 Å². The van der Waals surface area contributed by atoms with Crippen molar-refractivity contribution in [2.75, 3.05) is 31.5 Å². The molecule has 0 aliphatic carbocycles. The van der Waals surface area contributed by atoms with Gasteiger partial charge in [-0.05, 0) is 30.5 Å². The fourth-order valence-corrected chi connectivity index (χ4v) is 5.79. The molecule has 1 fully saturated rings. The Bertz CT molecular complexity index is 912. The van der Waals surface area contributed by atoms with Crippen molar-refractivity contribution < 1.29 is 13.2 Å². The van der Waals surface area contributed by atoms with Crippen LogP contribution in [-0.4, -0.2) is 55.8 Å². The first-order chi connectivity index (χ1) is 12.8. The first-order valence-corrected chi connectivity index (χ1v) is 11.4. The van der Waals surface area contributed by atoms with Crippen LogP contribution in [0, 0.1) is 0 Å². The molecule has 10 heteroatoms. The summed E-state index contributed by atoms with van der Waals surface area (Å²) in [6.07, 6.45) is 0. The number of nitrogens with one attached hydrogen (secondary N) is 1. The summed E-state index contributed by atoms with van der Waals surface area (Å²) in [5.74, 6) is -0.214. The van der Waals surface area contributed by atoms with E-state index in [2.05, 4.69) is 5.32 Å². The van der Waals surface area contributed by atoms with E-state index in [1.165, 1.54) is 15.6 Å². The molecule has 6 nitrogen and oxygen atoms in total. The molecule has 1 N–H and O–H groups in total. The molecule has 0 bridgehead atoms. The Morgan fingerprint density at radius 2 is 1.85 bits per heavy atom. The second kappa shape index (κ2) is 8.46. The molecule has 3 rings (SSSR count). The zero-order chi connectivity index (χ0) is 19.6. The van der Waals surface area contributed by atoms with Gasteiger partial charge in [0.2, 0.25) is 5.91 Å². The van der Waals surface area contributed by atoms with Crippen LogP contribution in [0.5, 0.6) is 0 Å². The minimum absolute atomic E-state index is 0.214. The van der Waals surface area contributed by atoms with E-state index in [-0.39, 0.29) is 5.91 Å². The van der Waals surface area contributed by atoms with Crippen molar-refractivity contribution in [1.29, 1.82) is 0 Å². The number of anilines is 1. The zero-order valence-corrected chi connectivity index (χ0v) is 17.7. The Balaban J connectivity index is 1.60. The molecule has 1 atom stereocenters. The third kappa shape index (κ3) is 4.47. The highest BCUT2D eigenvalue weighted by atomic mass is 35.5. The van der Waals surface area contributed by atoms with Crippen LogP contribution in [0.1, 0.15) is 6.92 Å². The van der Waals surface area contributed by atoms with Gasteiger partial charge >= 0.3 is 0 Å². The molecule has 0 spiro atoms. The minimum atomic E-state index is -3.45. The first kappa shape index (κ1) is 20.6. The summed E-state index contributed by atoms with van der Waals surface area (Å²) in [5, 5.41) is 5.20. The van der Waals surface area contributed by atoms with Gasteiger partial charge in [-0.2, -0.15) is 4.31 Å². The fourth-order valence-electron chi connectivity index (χ4n) is 2.87. The molecular weight excluding hydrogens is 429 g/mol. The van der Waals surface area contributed by atoms with Crippen LogP contribution in [0.15, 0.2) is 39.9 Å². The lowest BCUT2D eigenvalue weighted by atomic mass is 10.2. The lowest BCUT2D eigenvalue weighted by Gasteiger charge is -2.36. The normalized spacial score (nSPS) is 17.6. The van der Waals surface area contributed by atoms with Gasteiger partial charge in [-0.15, -0.1) is 11.3 Å². The van der Waals surface area contributed by atoms with Gasteiger partial charge in [0.25, 0.3) is 10.0 Å². The highest BCUT2D eigenvalue weighted by molar-refractivity contribution is 7.91. The number of hydrogen-bond acceptors (Lipinski definition) is 5. The molecule has 1 aromatic carbocycles. The van der Waals surface area contributed by atoms with Crippen molar-refractivity contribution in [2.24, 2.45) is 0 Å². The SMILES string of the molecule is C[C@H](C(=O)Nc1cccc(Cl)c1Cl)N1CCN(S(=O)(=O)c2cccs2)CC1. The average Bonchev–Trinajstić information content (AvgIpc) is 3.20. The van der Waals surface area contributed by atoms with E-state index in [0.29, 0.717) is 46.1 Å². The number of hydrogen-bond donors (Lipinski definition) is 1. The number of carbonyl (C=O) groups is 1. The van der Waals surface area contributed by atoms with Crippen LogP contribution >= 0.6 is 34.5 Å². The van der Waals surface area contributed by atoms with E-state index >= 15 is 0 Å². The molecule has 1 saturated heterocycles. The summed E-state index contributed by atoms with van der Waals surface area (Å²) >= 11 is 13.3. The van der Waals surface area contributed by atoms with Gasteiger partial charge in [0.1, 0.15) is 4.21 Å². The molecule has 1 aliphatic heterocycles. The molecule has 0 saturated carbocycles. The van der Waals surface area contributed by atoms with Crippen LogP contribution in [0.2, 0.25) is 10.0 Å². The summed E-state index contributed by atoms with van der Waals surface area (Å²) in [5.41, 5.74) is 0.458. The third-order valence-corrected chi connectivity index (χ3v) is 8.59. The number of sulfonamides is 1. The number of rotatable bonds is 5. The first-order valence-electron chi connectivity index (χ1n) is 8.33. The molecule has 2 aromatic rings. The van der Waals surface area contributed by atoms with Crippen LogP contribution in [-0.2, 0) is 14.8 Å². The predicted octanol–water partition coefficient (Wildman–Crippen LogP) is 3.39. The Morgan fingerprint density at radius 1 is 1.15 bits per heavy atom. The van der Waals surface area contributed by atoms with Crippen molar-refractivity contribution >= 4 is 56.2 Å². The average molecular weight is 448 g/mol. The Labute approximate surface area is 172 Å². The van der Waals surface area contributed by atoms with E-state index in [1.54, 1.807) is 42.6 Å². The van der Waals surface area contributed by atoms with E-state index < -0.39 is 16.1 Å². The Hall–Kier alpha value is -1.16. The molecule has 146 valence electrons. The van der Waals surface area contributed by atoms with Gasteiger partial charge in [-0.25, -0.2) is 8.42 Å². The van der Waals surface area contributed by atoms with Crippen molar-refractivity contribution in [2.45, 2.75) is 17.2 Å². The van der Waals surface area contributed by atoms with E-state index in [1.807, 2.05) is 4.90 Å². The van der Waals surface area contributed by atoms with Crippen molar-refractivity contribution in [3.05, 3.63) is 45.8 Å². The maximum absolute atomic E-state index is 12.6. The maximum atomic E-state index is 12.6. The molecular formula is C17H19Cl2N3O3S2. The van der Waals surface area contributed by atoms with Crippen LogP contribution in [0.4, 0.5) is 5.69 Å². The summed E-state index contributed by atoms with van der Waals surface area (Å²) < 4.78 is 27.0. The lowest BCUT2D eigenvalue weighted by Crippen LogP contribution is -2.53. The summed E-state index contributed by atoms with van der Waals surface area (Å²) in [4.78, 5) is 14.5. The topological polar surface area (TPSA) is 69.7 Å². The highest BCUT2D eigenvalue weighted by Gasteiger charge is 2.32. The minimum Gasteiger partial charge on any atom is -0.323 e. The molecule has 1 amide bonds. The number of amides is 1. The van der Waals surface area contributed by atoms with E-state index in [4.69, 9.17) is 23.2 Å². The van der Waals surface area contributed by atoms with Gasteiger partial charge in [0.05, 0.1) is 21.8 Å². The monoisotopic (exact) mass is 447 g/mol. The van der Waals surface area contributed by atoms with Crippen molar-refractivity contribution in [3.8, 4) is 0 Å². The van der Waals surface area contributed by atoms with Gasteiger partial charge < -0.3 is 5.32 Å². The third-order valence-electron chi connectivity index (χ3n) is 4.50. The maximum Gasteiger partial charge on any atom is 0.252 e. The smallest absolute Gasteiger partial charge is 0.252 e. The largest absolute Gasteiger partial charge is 0.323 e. The van der Waals surface area contributed by atoms with E-state index in [9.17, 15) is 13.2 Å². The molecule has 1 aliphatic rings. The summed E-state index contributed by atoms with van der Waals surface area (Å²) in [7, 11) is -3.45. The lowest BCUT2D eigenvalue weighted by molar-refractivity contribution is -0.121. The Morgan fingerprint density at radius 3 is 2.48 bits per heavy atom. The standard InChI is InChI=1S/C17H19Cl2N3O3S2/c1-12(17(23)20-14-5-2-4-13(18)16(14)19)21-7-9-22(10-8-21)27(24,25)15-6-3-11-26-15/h2-6,11-12H,7-10H2,1H3,(H,20,23)/t12-/m1/s1. The number of nitrogens with zero attached hydrogens (tertiary/aromatic N) is 2. The highest BCUT2D eigenvalue weighted by Crippen LogP contribution is 2.30. The second-order valence-electron chi connectivity index (χ2n) is 6.14. The summed E-state index contributed by atoms with van der Waals surface area (Å²) in [6.45, 7) is 3.42. The van der Waals surface area contributed by atoms with Gasteiger partial charge in [0, 0.05) is 26.2 Å². The number of carbonyl (C=O) groups excluding carboxylic acids is 1. The van der Waals surface area contributed by atoms with Crippen molar-refractivity contribution in [1.82, 2.24) is 9.21 Å². The molecule has 0 radical (unpaired) electrons. The van der Waals surface area contributed by atoms with Crippen LogP contribution < -0.4 is 5.32 Å². The van der Waals surface area contributed by atoms with Crippen LogP contribution in [0.3, 0.4) is 0 Å². The van der Waals surface area contributed by atoms with Gasteiger partial charge in [-0.1, -0.05) is 35.3 Å². The molecule has 27 heavy (non-hydrogen) atoms. The second-order valence-corrected chi connectivity index (χ2v) is 10.0. The number of halogens is 2. The van der Waals surface area contributed by atoms with Gasteiger partial charge in [-0.3, -0.25) is 9.69 Å². The zero-order valence-electron chi connectivity index (χ0n) is 14.6. The fraction of sp³-hybridized carbons (Fsp3) is 0.353.